The molecule has 0 radical (unpaired) electrons. The van der Waals surface area contributed by atoms with Crippen LogP contribution in [-0.2, 0) is 44.9 Å². The van der Waals surface area contributed by atoms with Crippen molar-refractivity contribution < 1.29 is 49.8 Å². The van der Waals surface area contributed by atoms with Crippen molar-refractivity contribution in [3.05, 3.63) is 132 Å². The normalized spacial score (nSPS) is 16.0. The zero-order valence-corrected chi connectivity index (χ0v) is 44.3. The Morgan fingerprint density at radius 2 is 0.975 bits per heavy atom. The first-order valence-electron chi connectivity index (χ1n) is 24.4. The zero-order valence-electron chi connectivity index (χ0n) is 44.3. The molecule has 0 bridgehead atoms. The van der Waals surface area contributed by atoms with E-state index in [1.807, 2.05) is 12.1 Å². The molecule has 8 atom stereocenters. The molecule has 30 heteroatoms. The number of benzene rings is 2. The molecule has 80 heavy (non-hydrogen) atoms. The molecule has 2 aliphatic heterocycles. The molecule has 2 aromatic heterocycles. The number of aliphatic imine (C=N–C) groups is 2. The lowest BCUT2D eigenvalue weighted by molar-refractivity contribution is -0.139. The van der Waals surface area contributed by atoms with E-state index < -0.39 is 48.0 Å². The second-order valence-electron chi connectivity index (χ2n) is 18.1. The Labute approximate surface area is 462 Å². The fraction of sp³-hybridized carbons (Fsp3) is 0.360. The van der Waals surface area contributed by atoms with Gasteiger partial charge in [-0.2, -0.15) is 0 Å². The SMILES string of the molecule is C=C(N)c1ccc(C[C@H](N)C(=O)O)cc1.C=C(N)c1cccc(C[C@H](N)C(=O)O)c1.C=C(O)[C@@H](N)CCC1CN=C(N)N1.C=C(O)[C@@H](N)CCc1cnc(N)[nH]1.NC1=NCC(C[C@H](N)C(=O)O)N1.Nc1ncc(C[C@H](N)C(=O)O)[nH]1. The van der Waals surface area contributed by atoms with Crippen LogP contribution in [0.15, 0.2) is 109 Å². The summed E-state index contributed by atoms with van der Waals surface area (Å²) in [5.74, 6) is -2.49. The minimum Gasteiger partial charge on any atom is -0.511 e. The van der Waals surface area contributed by atoms with Gasteiger partial charge in [0.05, 0.1) is 43.6 Å². The van der Waals surface area contributed by atoms with Crippen LogP contribution in [-0.4, -0.2) is 148 Å². The smallest absolute Gasteiger partial charge is 0.320 e. The van der Waals surface area contributed by atoms with Crippen LogP contribution >= 0.6 is 0 Å². The van der Waals surface area contributed by atoms with E-state index in [9.17, 15) is 19.2 Å². The van der Waals surface area contributed by atoms with Crippen molar-refractivity contribution in [1.82, 2.24) is 30.6 Å². The number of hydrogen-bond acceptors (Lipinski definition) is 24. The van der Waals surface area contributed by atoms with Crippen molar-refractivity contribution in [1.29, 1.82) is 0 Å². The molecule has 30 nitrogen and oxygen atoms in total. The number of aromatic nitrogens is 4. The molecule has 0 amide bonds. The zero-order chi connectivity index (χ0) is 60.8. The molecular formula is C50H80N20O10. The van der Waals surface area contributed by atoms with Gasteiger partial charge in [0.15, 0.2) is 23.8 Å². The Balaban J connectivity index is 0.000000481. The Hall–Kier alpha value is -9.20. The molecule has 34 N–H and O–H groups in total. The third-order valence-electron chi connectivity index (χ3n) is 11.2. The van der Waals surface area contributed by atoms with Crippen LogP contribution in [0.4, 0.5) is 11.9 Å². The fourth-order valence-electron chi connectivity index (χ4n) is 6.49. The molecule has 0 saturated carbocycles. The van der Waals surface area contributed by atoms with E-state index in [-0.39, 0.29) is 54.5 Å². The minimum absolute atomic E-state index is 0.00693. The van der Waals surface area contributed by atoms with Gasteiger partial charge in [-0.3, -0.25) is 29.2 Å². The van der Waals surface area contributed by atoms with Crippen LogP contribution in [0.25, 0.3) is 11.4 Å². The average molecular weight is 1120 g/mol. The largest absolute Gasteiger partial charge is 0.511 e. The number of aliphatic carboxylic acids is 4. The van der Waals surface area contributed by atoms with E-state index in [4.69, 9.17) is 99.4 Å². The van der Waals surface area contributed by atoms with Crippen molar-refractivity contribution in [2.45, 2.75) is 99.7 Å². The van der Waals surface area contributed by atoms with Gasteiger partial charge < -0.3 is 120 Å². The lowest BCUT2D eigenvalue weighted by atomic mass is 10.0. The predicted molar refractivity (Wildman–Crippen MR) is 307 cm³/mol. The molecule has 2 aromatic carbocycles. The fourth-order valence-corrected chi connectivity index (χ4v) is 6.49. The van der Waals surface area contributed by atoms with Crippen LogP contribution in [0.5, 0.6) is 0 Å². The van der Waals surface area contributed by atoms with E-state index in [2.05, 4.69) is 66.9 Å². The van der Waals surface area contributed by atoms with Crippen molar-refractivity contribution in [2.24, 2.45) is 67.3 Å². The van der Waals surface area contributed by atoms with Gasteiger partial charge in [0.2, 0.25) is 0 Å². The molecule has 4 heterocycles. The van der Waals surface area contributed by atoms with Crippen molar-refractivity contribution in [3.8, 4) is 0 Å². The number of imidazole rings is 2. The van der Waals surface area contributed by atoms with Gasteiger partial charge in [0.1, 0.15) is 35.7 Å². The number of aryl methyl sites for hydroxylation is 1. The number of nitrogens with two attached hydrogens (primary N) is 12. The molecule has 2 unspecified atom stereocenters. The number of carbonyl (C=O) groups is 4. The first kappa shape index (κ1) is 68.8. The van der Waals surface area contributed by atoms with Gasteiger partial charge >= 0.3 is 23.9 Å². The summed E-state index contributed by atoms with van der Waals surface area (Å²) >= 11 is 0. The molecule has 0 spiro atoms. The first-order valence-corrected chi connectivity index (χ1v) is 24.4. The number of aliphatic hydroxyl groups is 2. The molecule has 440 valence electrons. The number of anilines is 2. The van der Waals surface area contributed by atoms with Gasteiger partial charge in [-0.05, 0) is 73.3 Å². The Morgan fingerprint density at radius 3 is 1.39 bits per heavy atom. The van der Waals surface area contributed by atoms with Gasteiger partial charge in [-0.1, -0.05) is 68.8 Å². The Morgan fingerprint density at radius 1 is 0.537 bits per heavy atom. The van der Waals surface area contributed by atoms with Crippen LogP contribution < -0.4 is 79.4 Å². The summed E-state index contributed by atoms with van der Waals surface area (Å²) in [7, 11) is 0. The minimum atomic E-state index is -1.04. The molecule has 0 fully saturated rings. The number of carboxylic acids is 4. The number of nitrogens with one attached hydrogen (secondary N) is 4. The highest BCUT2D eigenvalue weighted by Crippen LogP contribution is 2.13. The highest BCUT2D eigenvalue weighted by atomic mass is 16.4. The van der Waals surface area contributed by atoms with E-state index in [0.717, 1.165) is 34.4 Å². The van der Waals surface area contributed by atoms with Gasteiger partial charge in [0, 0.05) is 35.2 Å². The number of hydrogen-bond donors (Lipinski definition) is 22. The van der Waals surface area contributed by atoms with Crippen molar-refractivity contribution >= 4 is 59.1 Å². The van der Waals surface area contributed by atoms with Gasteiger partial charge in [0.25, 0.3) is 0 Å². The molecule has 0 aliphatic carbocycles. The van der Waals surface area contributed by atoms with E-state index in [1.165, 1.54) is 6.20 Å². The number of carboxylic acid groups (broad SMARTS) is 4. The number of aromatic amines is 2. The lowest BCUT2D eigenvalue weighted by Crippen LogP contribution is -2.41. The third-order valence-corrected chi connectivity index (χ3v) is 11.2. The summed E-state index contributed by atoms with van der Waals surface area (Å²) in [5.41, 5.74) is 70.8. The third kappa shape index (κ3) is 28.8. The number of nitrogens with zero attached hydrogens (tertiary/aromatic N) is 4. The van der Waals surface area contributed by atoms with Crippen LogP contribution in [0.2, 0.25) is 0 Å². The molecule has 4 aromatic rings. The summed E-state index contributed by atoms with van der Waals surface area (Å²) in [6.07, 6.45) is 7.13. The number of rotatable bonds is 22. The highest BCUT2D eigenvalue weighted by Gasteiger charge is 2.22. The van der Waals surface area contributed by atoms with Crippen LogP contribution in [0, 0.1) is 0 Å². The maximum Gasteiger partial charge on any atom is 0.320 e. The second-order valence-corrected chi connectivity index (χ2v) is 18.1. The van der Waals surface area contributed by atoms with Gasteiger partial charge in [-0.25, -0.2) is 9.97 Å². The predicted octanol–water partition coefficient (Wildman–Crippen LogP) is -2.06. The van der Waals surface area contributed by atoms with Gasteiger partial charge in [-0.15, -0.1) is 0 Å². The summed E-state index contributed by atoms with van der Waals surface area (Å²) in [6, 6.07) is 10.4. The average Bonchev–Trinajstić information content (AvgIpc) is 4.22. The van der Waals surface area contributed by atoms with Crippen LogP contribution in [0.3, 0.4) is 0 Å². The number of aliphatic hydroxyl groups excluding tert-OH is 2. The number of guanidine groups is 2. The summed E-state index contributed by atoms with van der Waals surface area (Å²) in [4.78, 5) is 62.7. The van der Waals surface area contributed by atoms with Crippen LogP contribution in [0.1, 0.15) is 59.3 Å². The maximum absolute atomic E-state index is 10.6. The lowest BCUT2D eigenvalue weighted by Gasteiger charge is -2.13. The maximum atomic E-state index is 10.6. The number of nitrogen functional groups attached to an aromatic ring is 2. The highest BCUT2D eigenvalue weighted by molar-refractivity contribution is 5.80. The van der Waals surface area contributed by atoms with E-state index in [0.29, 0.717) is 80.1 Å². The topological polar surface area (TPSA) is 608 Å². The van der Waals surface area contributed by atoms with E-state index >= 15 is 0 Å². The molecule has 0 saturated heterocycles. The van der Waals surface area contributed by atoms with Crippen molar-refractivity contribution in [2.75, 3.05) is 24.6 Å². The Bertz CT molecular complexity index is 2710. The number of H-pyrrole nitrogens is 2. The quantitative estimate of drug-likeness (QED) is 0.0376. The van der Waals surface area contributed by atoms with Crippen molar-refractivity contribution in [3.63, 3.8) is 0 Å². The summed E-state index contributed by atoms with van der Waals surface area (Å²) < 4.78 is 0. The molecular weight excluding hydrogens is 1040 g/mol. The summed E-state index contributed by atoms with van der Waals surface area (Å²) in [6.45, 7) is 15.1. The monoisotopic (exact) mass is 1120 g/mol. The second kappa shape index (κ2) is 35.3. The standard InChI is InChI=1S/2C11H14N2O2.C8H16N4O.C8H14N4O.C6H12N4O2.C6H10N4O2/c1-7(12)9-4-2-8(3-5-9)6-10(13)11(14)15;1-7(12)9-4-2-3-8(5-9)6-10(13)11(14)15;2*1-5(13)7(9)3-2-6-4-11-8(10)12-6;2*7-4(5(11)12)1-3-2-9-6(8)10-3/h2*2-5,10H,1,6,12-13H2,(H,14,15);6-7,13H,1-4,9H2,(H3,10,11,12);4,7,13H,1-3,9H2,(H3,10,11,12);3-4H,1-2,7H2,(H,11,12)(H3,8,9,10);2,4H,1,7H2,(H,11,12)(H3,8,9,10)/t2*10-;6?,7-;7-;3?,4-;4-/m000000/s1. The van der Waals surface area contributed by atoms with E-state index in [1.54, 1.807) is 42.6 Å². The summed E-state index contributed by atoms with van der Waals surface area (Å²) in [5, 5.41) is 57.9. The first-order chi connectivity index (χ1) is 37.4. The molecule has 6 rings (SSSR count). The molecule has 2 aliphatic rings. The Kier molecular flexibility index (Phi) is 30.3.